The molecular weight excluding hydrogens is 386 g/mol. The molecule has 8 nitrogen and oxygen atoms in total. The second-order valence-corrected chi connectivity index (χ2v) is 7.28. The second kappa shape index (κ2) is 8.94. The molecule has 0 fully saturated rings. The number of fused-ring (bicyclic) bond motifs is 1. The summed E-state index contributed by atoms with van der Waals surface area (Å²) in [4.78, 5) is 41.7. The molecule has 30 heavy (non-hydrogen) atoms. The minimum Gasteiger partial charge on any atom is -0.463 e. The molecule has 158 valence electrons. The molecule has 1 atom stereocenters. The lowest BCUT2D eigenvalue weighted by atomic mass is 10.0. The van der Waals surface area contributed by atoms with E-state index in [1.54, 1.807) is 26.0 Å². The van der Waals surface area contributed by atoms with Gasteiger partial charge in [0, 0.05) is 11.1 Å². The number of nitrogens with zero attached hydrogens (tertiary/aromatic N) is 1. The zero-order valence-corrected chi connectivity index (χ0v) is 17.4. The van der Waals surface area contributed by atoms with E-state index < -0.39 is 24.0 Å². The number of pyridine rings is 1. The molecule has 0 saturated heterocycles. The fourth-order valence-electron chi connectivity index (χ4n) is 3.27. The lowest BCUT2D eigenvalue weighted by Crippen LogP contribution is -2.50. The van der Waals surface area contributed by atoms with Crippen LogP contribution in [0.2, 0.25) is 0 Å². The summed E-state index contributed by atoms with van der Waals surface area (Å²) >= 11 is 0. The second-order valence-electron chi connectivity index (χ2n) is 7.28. The Kier molecular flexibility index (Phi) is 6.34. The SMILES string of the molecule is CCOC(=O)C1=C(COC(=O)c2cc(C(C)C)nc3ccccc23)NC(=O)NC1C. The maximum atomic E-state index is 12.9. The van der Waals surface area contributed by atoms with Gasteiger partial charge in [0.1, 0.15) is 6.61 Å². The molecule has 2 N–H and O–H groups in total. The number of para-hydroxylation sites is 1. The summed E-state index contributed by atoms with van der Waals surface area (Å²) in [7, 11) is 0. The van der Waals surface area contributed by atoms with Gasteiger partial charge < -0.3 is 20.1 Å². The summed E-state index contributed by atoms with van der Waals surface area (Å²) in [6, 6.07) is 8.01. The van der Waals surface area contributed by atoms with Crippen molar-refractivity contribution in [2.45, 2.75) is 39.7 Å². The van der Waals surface area contributed by atoms with Crippen LogP contribution in [0.15, 0.2) is 41.6 Å². The van der Waals surface area contributed by atoms with Crippen LogP contribution in [0.25, 0.3) is 10.9 Å². The standard InChI is InChI=1S/C22H25N3O5/c1-5-29-21(27)19-13(4)23-22(28)25-18(19)11-30-20(26)15-10-17(12(2)3)24-16-9-7-6-8-14(15)16/h6-10,12-13H,5,11H2,1-4H3,(H2,23,25,28). The van der Waals surface area contributed by atoms with Gasteiger partial charge in [-0.15, -0.1) is 0 Å². The number of nitrogens with one attached hydrogen (secondary N) is 2. The van der Waals surface area contributed by atoms with Crippen LogP contribution in [0, 0.1) is 0 Å². The molecule has 0 saturated carbocycles. The van der Waals surface area contributed by atoms with E-state index in [1.165, 1.54) is 0 Å². The molecule has 0 aliphatic carbocycles. The van der Waals surface area contributed by atoms with Gasteiger partial charge >= 0.3 is 18.0 Å². The van der Waals surface area contributed by atoms with Crippen molar-refractivity contribution >= 4 is 28.9 Å². The number of ether oxygens (including phenoxy) is 2. The van der Waals surface area contributed by atoms with Crippen molar-refractivity contribution in [3.05, 3.63) is 52.9 Å². The maximum absolute atomic E-state index is 12.9. The van der Waals surface area contributed by atoms with Gasteiger partial charge in [-0.25, -0.2) is 14.4 Å². The van der Waals surface area contributed by atoms with Crippen LogP contribution in [-0.2, 0) is 14.3 Å². The molecule has 1 aliphatic rings. The highest BCUT2D eigenvalue weighted by molar-refractivity contribution is 6.03. The topological polar surface area (TPSA) is 107 Å². The van der Waals surface area contributed by atoms with Gasteiger partial charge in [-0.05, 0) is 31.9 Å². The number of amides is 2. The number of urea groups is 1. The Morgan fingerprint density at radius 2 is 1.90 bits per heavy atom. The first-order chi connectivity index (χ1) is 14.3. The van der Waals surface area contributed by atoms with E-state index in [-0.39, 0.29) is 30.4 Å². The van der Waals surface area contributed by atoms with Crippen molar-refractivity contribution in [2.24, 2.45) is 0 Å². The first-order valence-electron chi connectivity index (χ1n) is 9.86. The summed E-state index contributed by atoms with van der Waals surface area (Å²) in [5.74, 6) is -1.00. The first-order valence-corrected chi connectivity index (χ1v) is 9.86. The summed E-state index contributed by atoms with van der Waals surface area (Å²) < 4.78 is 10.6. The van der Waals surface area contributed by atoms with E-state index in [4.69, 9.17) is 9.47 Å². The fourth-order valence-corrected chi connectivity index (χ4v) is 3.27. The lowest BCUT2D eigenvalue weighted by Gasteiger charge is -2.26. The van der Waals surface area contributed by atoms with Gasteiger partial charge in [-0.3, -0.25) is 4.98 Å². The number of hydrogen-bond acceptors (Lipinski definition) is 6. The summed E-state index contributed by atoms with van der Waals surface area (Å²) in [5, 5.41) is 5.83. The van der Waals surface area contributed by atoms with Gasteiger partial charge in [-0.1, -0.05) is 32.0 Å². The van der Waals surface area contributed by atoms with Crippen LogP contribution < -0.4 is 10.6 Å². The number of rotatable bonds is 6. The summed E-state index contributed by atoms with van der Waals surface area (Å²) in [5.41, 5.74) is 2.30. The predicted octanol–water partition coefficient (Wildman–Crippen LogP) is 3.03. The van der Waals surface area contributed by atoms with Crippen molar-refractivity contribution in [3.8, 4) is 0 Å². The molecule has 2 amide bonds. The number of carbonyl (C=O) groups is 3. The van der Waals surface area contributed by atoms with Crippen LogP contribution in [0.4, 0.5) is 4.79 Å². The first kappa shape index (κ1) is 21.3. The Hall–Kier alpha value is -3.42. The van der Waals surface area contributed by atoms with Crippen LogP contribution >= 0.6 is 0 Å². The zero-order valence-electron chi connectivity index (χ0n) is 17.4. The van der Waals surface area contributed by atoms with E-state index in [1.807, 2.05) is 32.0 Å². The molecule has 3 rings (SSSR count). The Morgan fingerprint density at radius 3 is 2.60 bits per heavy atom. The van der Waals surface area contributed by atoms with Crippen LogP contribution in [0.3, 0.4) is 0 Å². The lowest BCUT2D eigenvalue weighted by molar-refractivity contribution is -0.139. The highest BCUT2D eigenvalue weighted by Gasteiger charge is 2.30. The van der Waals surface area contributed by atoms with Gasteiger partial charge in [0.2, 0.25) is 0 Å². The minimum absolute atomic E-state index is 0.129. The number of benzene rings is 1. The Labute approximate surface area is 174 Å². The third-order valence-electron chi connectivity index (χ3n) is 4.76. The van der Waals surface area contributed by atoms with Crippen molar-refractivity contribution in [1.29, 1.82) is 0 Å². The molecule has 1 aromatic carbocycles. The van der Waals surface area contributed by atoms with Gasteiger partial charge in [0.05, 0.1) is 35.0 Å². The molecule has 8 heteroatoms. The van der Waals surface area contributed by atoms with Crippen molar-refractivity contribution in [3.63, 3.8) is 0 Å². The van der Waals surface area contributed by atoms with E-state index >= 15 is 0 Å². The normalized spacial score (nSPS) is 16.3. The van der Waals surface area contributed by atoms with Crippen molar-refractivity contribution in [1.82, 2.24) is 15.6 Å². The Morgan fingerprint density at radius 1 is 1.17 bits per heavy atom. The smallest absolute Gasteiger partial charge is 0.339 e. The summed E-state index contributed by atoms with van der Waals surface area (Å²) in [6.45, 7) is 7.27. The Bertz CT molecular complexity index is 1030. The minimum atomic E-state index is -0.569. The average molecular weight is 411 g/mol. The monoisotopic (exact) mass is 411 g/mol. The Balaban J connectivity index is 1.91. The van der Waals surface area contributed by atoms with Crippen LogP contribution in [0.5, 0.6) is 0 Å². The van der Waals surface area contributed by atoms with E-state index in [2.05, 4.69) is 15.6 Å². The molecule has 2 aromatic rings. The molecule has 2 heterocycles. The third-order valence-corrected chi connectivity index (χ3v) is 4.76. The largest absolute Gasteiger partial charge is 0.463 e. The number of carbonyl (C=O) groups excluding carboxylic acids is 3. The van der Waals surface area contributed by atoms with Gasteiger partial charge in [0.15, 0.2) is 0 Å². The quantitative estimate of drug-likeness (QED) is 0.708. The van der Waals surface area contributed by atoms with E-state index in [9.17, 15) is 14.4 Å². The van der Waals surface area contributed by atoms with Crippen molar-refractivity contribution in [2.75, 3.05) is 13.2 Å². The molecule has 1 aliphatic heterocycles. The number of hydrogen-bond donors (Lipinski definition) is 2. The van der Waals surface area contributed by atoms with E-state index in [0.717, 1.165) is 5.69 Å². The average Bonchev–Trinajstić information content (AvgIpc) is 2.70. The maximum Gasteiger partial charge on any atom is 0.339 e. The third kappa shape index (κ3) is 4.42. The summed E-state index contributed by atoms with van der Waals surface area (Å²) in [6.07, 6.45) is 0. The van der Waals surface area contributed by atoms with Crippen molar-refractivity contribution < 1.29 is 23.9 Å². The van der Waals surface area contributed by atoms with Gasteiger partial charge in [0.25, 0.3) is 0 Å². The van der Waals surface area contributed by atoms with Crippen LogP contribution in [0.1, 0.15) is 49.7 Å². The predicted molar refractivity (Wildman–Crippen MR) is 111 cm³/mol. The van der Waals surface area contributed by atoms with Crippen LogP contribution in [-0.4, -0.2) is 42.2 Å². The number of esters is 2. The van der Waals surface area contributed by atoms with E-state index in [0.29, 0.717) is 16.5 Å². The molecule has 1 unspecified atom stereocenters. The highest BCUT2D eigenvalue weighted by atomic mass is 16.5. The highest BCUT2D eigenvalue weighted by Crippen LogP contribution is 2.23. The molecule has 0 bridgehead atoms. The fraction of sp³-hybridized carbons (Fsp3) is 0.364. The molecule has 0 radical (unpaired) electrons. The molecular formula is C22H25N3O5. The molecule has 0 spiro atoms. The number of aromatic nitrogens is 1. The molecule has 1 aromatic heterocycles. The van der Waals surface area contributed by atoms with Gasteiger partial charge in [-0.2, -0.15) is 0 Å². The zero-order chi connectivity index (χ0) is 21.8.